The summed E-state index contributed by atoms with van der Waals surface area (Å²) in [6.45, 7) is 1.48. The van der Waals surface area contributed by atoms with Crippen molar-refractivity contribution in [3.05, 3.63) is 77.6 Å². The van der Waals surface area contributed by atoms with Crippen molar-refractivity contribution in [3.63, 3.8) is 0 Å². The molecular formula is C22H16N6O3. The van der Waals surface area contributed by atoms with Crippen LogP contribution in [-0.4, -0.2) is 49.0 Å². The zero-order valence-corrected chi connectivity index (χ0v) is 16.4. The van der Waals surface area contributed by atoms with E-state index in [9.17, 15) is 14.4 Å². The maximum Gasteiger partial charge on any atom is 0.262 e. The lowest BCUT2D eigenvalue weighted by molar-refractivity contribution is -0.116. The second-order valence-corrected chi connectivity index (χ2v) is 7.10. The summed E-state index contributed by atoms with van der Waals surface area (Å²) in [4.78, 5) is 38.2. The van der Waals surface area contributed by atoms with Crippen molar-refractivity contribution in [3.8, 4) is 11.3 Å². The van der Waals surface area contributed by atoms with E-state index in [0.29, 0.717) is 28.3 Å². The number of aryl methyl sites for hydroxylation is 1. The molecule has 0 fully saturated rings. The molecule has 5 rings (SSSR count). The van der Waals surface area contributed by atoms with E-state index in [1.807, 2.05) is 31.2 Å². The van der Waals surface area contributed by atoms with Gasteiger partial charge in [0.25, 0.3) is 11.8 Å². The quantitative estimate of drug-likeness (QED) is 0.515. The SMILES string of the molecule is Cc1nnc2ccc(-c3ccc(NC(=O)CN4C(=O)c5ccccc5C4=O)cc3)nn12. The third kappa shape index (κ3) is 3.21. The van der Waals surface area contributed by atoms with E-state index in [1.54, 1.807) is 40.9 Å². The largest absolute Gasteiger partial charge is 0.325 e. The monoisotopic (exact) mass is 412 g/mol. The molecule has 9 heteroatoms. The molecule has 2 aromatic heterocycles. The summed E-state index contributed by atoms with van der Waals surface area (Å²) in [6, 6.07) is 17.3. The average Bonchev–Trinajstić information content (AvgIpc) is 3.27. The van der Waals surface area contributed by atoms with Crippen molar-refractivity contribution < 1.29 is 14.4 Å². The summed E-state index contributed by atoms with van der Waals surface area (Å²) in [7, 11) is 0. The molecule has 0 unspecified atom stereocenters. The summed E-state index contributed by atoms with van der Waals surface area (Å²) in [6.07, 6.45) is 0. The molecule has 1 N–H and O–H groups in total. The lowest BCUT2D eigenvalue weighted by Crippen LogP contribution is -2.37. The summed E-state index contributed by atoms with van der Waals surface area (Å²) in [5, 5.41) is 15.3. The lowest BCUT2D eigenvalue weighted by Gasteiger charge is -2.13. The van der Waals surface area contributed by atoms with E-state index in [0.717, 1.165) is 16.2 Å². The summed E-state index contributed by atoms with van der Waals surface area (Å²) in [5.74, 6) is -0.690. The molecule has 2 aromatic carbocycles. The maximum absolute atomic E-state index is 12.4. The molecular weight excluding hydrogens is 396 g/mol. The number of nitrogens with one attached hydrogen (secondary N) is 1. The fourth-order valence-corrected chi connectivity index (χ4v) is 3.50. The van der Waals surface area contributed by atoms with E-state index in [1.165, 1.54) is 0 Å². The Morgan fingerprint density at radius 3 is 2.26 bits per heavy atom. The molecule has 31 heavy (non-hydrogen) atoms. The first-order valence-electron chi connectivity index (χ1n) is 9.56. The molecule has 0 bridgehead atoms. The number of hydrogen-bond acceptors (Lipinski definition) is 6. The third-order valence-electron chi connectivity index (χ3n) is 5.06. The van der Waals surface area contributed by atoms with E-state index < -0.39 is 17.7 Å². The fraction of sp³-hybridized carbons (Fsp3) is 0.0909. The Labute approximate surface area is 176 Å². The second-order valence-electron chi connectivity index (χ2n) is 7.10. The van der Waals surface area contributed by atoms with E-state index in [-0.39, 0.29) is 6.54 Å². The number of carbonyl (C=O) groups is 3. The van der Waals surface area contributed by atoms with Crippen LogP contribution < -0.4 is 5.32 Å². The molecule has 3 amide bonds. The number of fused-ring (bicyclic) bond motifs is 2. The Morgan fingerprint density at radius 2 is 1.58 bits per heavy atom. The number of amides is 3. The number of nitrogens with zero attached hydrogens (tertiary/aromatic N) is 5. The van der Waals surface area contributed by atoms with Crippen LogP contribution >= 0.6 is 0 Å². The molecule has 0 aliphatic carbocycles. The van der Waals surface area contributed by atoms with Crippen molar-refractivity contribution in [2.75, 3.05) is 11.9 Å². The molecule has 1 aliphatic rings. The summed E-state index contributed by atoms with van der Waals surface area (Å²) < 4.78 is 1.66. The van der Waals surface area contributed by atoms with Gasteiger partial charge in [-0.1, -0.05) is 24.3 Å². The van der Waals surface area contributed by atoms with Gasteiger partial charge in [-0.3, -0.25) is 19.3 Å². The Morgan fingerprint density at radius 1 is 0.903 bits per heavy atom. The van der Waals surface area contributed by atoms with Gasteiger partial charge in [-0.2, -0.15) is 9.61 Å². The zero-order chi connectivity index (χ0) is 21.5. The van der Waals surface area contributed by atoms with Crippen molar-refractivity contribution >= 4 is 29.1 Å². The summed E-state index contributed by atoms with van der Waals surface area (Å²) in [5.41, 5.74) is 3.44. The second kappa shape index (κ2) is 7.13. The molecule has 1 aliphatic heterocycles. The minimum atomic E-state index is -0.461. The normalized spacial score (nSPS) is 13.0. The van der Waals surface area contributed by atoms with Crippen LogP contribution in [0.25, 0.3) is 16.9 Å². The maximum atomic E-state index is 12.4. The molecule has 9 nitrogen and oxygen atoms in total. The van der Waals surface area contributed by atoms with Gasteiger partial charge < -0.3 is 5.32 Å². The van der Waals surface area contributed by atoms with Gasteiger partial charge >= 0.3 is 0 Å². The topological polar surface area (TPSA) is 110 Å². The Balaban J connectivity index is 1.28. The number of anilines is 1. The van der Waals surface area contributed by atoms with Crippen molar-refractivity contribution in [1.29, 1.82) is 0 Å². The van der Waals surface area contributed by atoms with Gasteiger partial charge in [-0.25, -0.2) is 0 Å². The van der Waals surface area contributed by atoms with Crippen molar-refractivity contribution in [2.45, 2.75) is 6.92 Å². The van der Waals surface area contributed by atoms with Gasteiger partial charge in [-0.05, 0) is 43.3 Å². The highest BCUT2D eigenvalue weighted by Crippen LogP contribution is 2.23. The lowest BCUT2D eigenvalue weighted by atomic mass is 10.1. The van der Waals surface area contributed by atoms with Gasteiger partial charge in [0.2, 0.25) is 5.91 Å². The van der Waals surface area contributed by atoms with Gasteiger partial charge in [0.1, 0.15) is 6.54 Å². The van der Waals surface area contributed by atoms with Crippen LogP contribution in [0.4, 0.5) is 5.69 Å². The number of benzene rings is 2. The van der Waals surface area contributed by atoms with Gasteiger partial charge in [-0.15, -0.1) is 10.2 Å². The first-order valence-corrected chi connectivity index (χ1v) is 9.56. The van der Waals surface area contributed by atoms with E-state index >= 15 is 0 Å². The Kier molecular flexibility index (Phi) is 4.28. The predicted octanol–water partition coefficient (Wildman–Crippen LogP) is 2.33. The third-order valence-corrected chi connectivity index (χ3v) is 5.06. The van der Waals surface area contributed by atoms with Crippen LogP contribution in [0.3, 0.4) is 0 Å². The average molecular weight is 412 g/mol. The molecule has 0 saturated heterocycles. The standard InChI is InChI=1S/C22H16N6O3/c1-13-24-25-19-11-10-18(26-28(13)19)14-6-8-15(9-7-14)23-20(29)12-27-21(30)16-4-2-3-5-17(16)22(27)31/h2-11H,12H2,1H3,(H,23,29). The number of carbonyl (C=O) groups excluding carboxylic acids is 3. The molecule has 4 aromatic rings. The number of aromatic nitrogens is 4. The van der Waals surface area contributed by atoms with Gasteiger partial charge in [0, 0.05) is 11.3 Å². The molecule has 0 spiro atoms. The summed E-state index contributed by atoms with van der Waals surface area (Å²) >= 11 is 0. The number of rotatable bonds is 4. The first kappa shape index (κ1) is 18.6. The van der Waals surface area contributed by atoms with Crippen LogP contribution in [0.1, 0.15) is 26.5 Å². The minimum Gasteiger partial charge on any atom is -0.325 e. The van der Waals surface area contributed by atoms with Gasteiger partial charge in [0.05, 0.1) is 16.8 Å². The fourth-order valence-electron chi connectivity index (χ4n) is 3.50. The highest BCUT2D eigenvalue weighted by molar-refractivity contribution is 6.22. The Bertz CT molecular complexity index is 1320. The molecule has 0 saturated carbocycles. The number of hydrogen-bond donors (Lipinski definition) is 1. The van der Waals surface area contributed by atoms with Crippen LogP contribution in [0, 0.1) is 6.92 Å². The first-order chi connectivity index (χ1) is 15.0. The van der Waals surface area contributed by atoms with Crippen LogP contribution in [0.15, 0.2) is 60.7 Å². The number of imide groups is 1. The van der Waals surface area contributed by atoms with Crippen LogP contribution in [0.5, 0.6) is 0 Å². The van der Waals surface area contributed by atoms with E-state index in [2.05, 4.69) is 20.6 Å². The predicted molar refractivity (Wildman–Crippen MR) is 111 cm³/mol. The van der Waals surface area contributed by atoms with Crippen LogP contribution in [0.2, 0.25) is 0 Å². The zero-order valence-electron chi connectivity index (χ0n) is 16.4. The van der Waals surface area contributed by atoms with Crippen molar-refractivity contribution in [2.24, 2.45) is 0 Å². The van der Waals surface area contributed by atoms with Gasteiger partial charge in [0.15, 0.2) is 11.5 Å². The molecule has 152 valence electrons. The molecule has 0 radical (unpaired) electrons. The Hall–Kier alpha value is -4.40. The highest BCUT2D eigenvalue weighted by Gasteiger charge is 2.36. The minimum absolute atomic E-state index is 0.317. The molecule has 0 atom stereocenters. The van der Waals surface area contributed by atoms with Crippen molar-refractivity contribution in [1.82, 2.24) is 24.7 Å². The highest BCUT2D eigenvalue weighted by atomic mass is 16.2. The van der Waals surface area contributed by atoms with Crippen LogP contribution in [-0.2, 0) is 4.79 Å². The molecule has 3 heterocycles. The smallest absolute Gasteiger partial charge is 0.262 e. The van der Waals surface area contributed by atoms with E-state index in [4.69, 9.17) is 0 Å².